The summed E-state index contributed by atoms with van der Waals surface area (Å²) in [6.45, 7) is 5.92. The van der Waals surface area contributed by atoms with Crippen molar-refractivity contribution >= 4 is 10.0 Å². The smallest absolute Gasteiger partial charge is 0.244 e. The third-order valence-corrected chi connectivity index (χ3v) is 6.45. The van der Waals surface area contributed by atoms with Crippen LogP contribution in [0.1, 0.15) is 28.6 Å². The van der Waals surface area contributed by atoms with Crippen molar-refractivity contribution in [3.8, 4) is 0 Å². The highest BCUT2D eigenvalue weighted by molar-refractivity contribution is 7.89. The molecule has 1 N–H and O–H groups in total. The van der Waals surface area contributed by atoms with Crippen LogP contribution in [0.2, 0.25) is 0 Å². The van der Waals surface area contributed by atoms with Crippen molar-refractivity contribution in [1.29, 1.82) is 0 Å². The van der Waals surface area contributed by atoms with Crippen LogP contribution in [0, 0.1) is 26.6 Å². The van der Waals surface area contributed by atoms with Gasteiger partial charge in [-0.05, 0) is 32.9 Å². The number of H-pyrrole nitrogens is 1. The number of hydrogen-bond acceptors (Lipinski definition) is 4. The number of morpholine rings is 1. The molecule has 0 aliphatic carbocycles. The minimum atomic E-state index is -3.85. The molecule has 1 unspecified atom stereocenters. The Labute approximate surface area is 140 Å². The van der Waals surface area contributed by atoms with Crippen LogP contribution in [0.4, 0.5) is 4.39 Å². The van der Waals surface area contributed by atoms with Crippen LogP contribution in [0.15, 0.2) is 23.1 Å². The normalized spacial score (nSPS) is 19.6. The highest BCUT2D eigenvalue weighted by atomic mass is 32.2. The van der Waals surface area contributed by atoms with Crippen LogP contribution in [-0.2, 0) is 14.8 Å². The summed E-state index contributed by atoms with van der Waals surface area (Å²) in [5.74, 6) is -0.531. The lowest BCUT2D eigenvalue weighted by atomic mass is 10.1. The summed E-state index contributed by atoms with van der Waals surface area (Å²) in [4.78, 5) is -0.00630. The minimum Gasteiger partial charge on any atom is -0.378 e. The first-order valence-corrected chi connectivity index (χ1v) is 9.14. The maximum atomic E-state index is 13.9. The van der Waals surface area contributed by atoms with Crippen molar-refractivity contribution in [2.24, 2.45) is 0 Å². The Morgan fingerprint density at radius 1 is 1.33 bits per heavy atom. The van der Waals surface area contributed by atoms with E-state index < -0.39 is 21.9 Å². The molecule has 1 fully saturated rings. The van der Waals surface area contributed by atoms with E-state index in [9.17, 15) is 12.8 Å². The fourth-order valence-electron chi connectivity index (χ4n) is 3.15. The molecule has 1 aromatic carbocycles. The number of aromatic amines is 1. The van der Waals surface area contributed by atoms with E-state index in [0.29, 0.717) is 6.61 Å². The summed E-state index contributed by atoms with van der Waals surface area (Å²) in [6.07, 6.45) is 0. The lowest BCUT2D eigenvalue weighted by Crippen LogP contribution is -2.43. The van der Waals surface area contributed by atoms with E-state index in [1.165, 1.54) is 29.4 Å². The predicted molar refractivity (Wildman–Crippen MR) is 86.7 cm³/mol. The van der Waals surface area contributed by atoms with Crippen LogP contribution >= 0.6 is 0 Å². The Hall–Kier alpha value is -1.77. The summed E-state index contributed by atoms with van der Waals surface area (Å²) < 4.78 is 47.1. The largest absolute Gasteiger partial charge is 0.378 e. The van der Waals surface area contributed by atoms with Gasteiger partial charge in [-0.15, -0.1) is 0 Å². The van der Waals surface area contributed by atoms with Gasteiger partial charge in [0.1, 0.15) is 5.82 Å². The Kier molecular flexibility index (Phi) is 4.46. The van der Waals surface area contributed by atoms with Crippen molar-refractivity contribution in [2.45, 2.75) is 31.7 Å². The average molecular weight is 353 g/mol. The molecule has 1 aliphatic heterocycles. The van der Waals surface area contributed by atoms with Crippen LogP contribution in [-0.4, -0.2) is 42.7 Å². The Morgan fingerprint density at radius 3 is 2.75 bits per heavy atom. The zero-order valence-corrected chi connectivity index (χ0v) is 14.7. The second-order valence-electron chi connectivity index (χ2n) is 5.92. The number of rotatable bonds is 3. The van der Waals surface area contributed by atoms with Crippen molar-refractivity contribution < 1.29 is 17.5 Å². The topological polar surface area (TPSA) is 75.3 Å². The fraction of sp³-hybridized carbons (Fsp3) is 0.438. The molecule has 1 aliphatic rings. The van der Waals surface area contributed by atoms with E-state index in [4.69, 9.17) is 4.74 Å². The van der Waals surface area contributed by atoms with E-state index in [-0.39, 0.29) is 23.6 Å². The SMILES string of the molecule is Cc1n[nH]c(C)c1C1COCCN1S(=O)(=O)c1cccc(F)c1C. The van der Waals surface area contributed by atoms with Gasteiger partial charge in [0.25, 0.3) is 0 Å². The van der Waals surface area contributed by atoms with Gasteiger partial charge in [-0.3, -0.25) is 5.10 Å². The summed E-state index contributed by atoms with van der Waals surface area (Å²) in [5.41, 5.74) is 2.48. The Balaban J connectivity index is 2.09. The predicted octanol–water partition coefficient (Wildman–Crippen LogP) is 2.24. The van der Waals surface area contributed by atoms with Crippen molar-refractivity contribution in [1.82, 2.24) is 14.5 Å². The molecule has 1 saturated heterocycles. The van der Waals surface area contributed by atoms with Crippen molar-refractivity contribution in [3.05, 3.63) is 46.5 Å². The van der Waals surface area contributed by atoms with Crippen LogP contribution < -0.4 is 0 Å². The molecule has 0 spiro atoms. The molecule has 130 valence electrons. The molecule has 6 nitrogen and oxygen atoms in total. The summed E-state index contributed by atoms with van der Waals surface area (Å²) >= 11 is 0. The lowest BCUT2D eigenvalue weighted by Gasteiger charge is -2.35. The summed E-state index contributed by atoms with van der Waals surface area (Å²) in [7, 11) is -3.85. The number of aromatic nitrogens is 2. The fourth-order valence-corrected chi connectivity index (χ4v) is 4.95. The number of ether oxygens (including phenoxy) is 1. The number of nitrogens with one attached hydrogen (secondary N) is 1. The molecule has 2 heterocycles. The van der Waals surface area contributed by atoms with Crippen molar-refractivity contribution in [2.75, 3.05) is 19.8 Å². The molecular formula is C16H20FN3O3S. The zero-order chi connectivity index (χ0) is 17.5. The van der Waals surface area contributed by atoms with E-state index in [0.717, 1.165) is 17.0 Å². The first-order chi connectivity index (χ1) is 11.3. The molecule has 8 heteroatoms. The summed E-state index contributed by atoms with van der Waals surface area (Å²) in [6, 6.07) is 3.63. The Morgan fingerprint density at radius 2 is 2.08 bits per heavy atom. The number of nitrogens with zero attached hydrogens (tertiary/aromatic N) is 2. The van der Waals surface area contributed by atoms with Gasteiger partial charge in [-0.25, -0.2) is 12.8 Å². The van der Waals surface area contributed by atoms with Crippen LogP contribution in [0.3, 0.4) is 0 Å². The zero-order valence-electron chi connectivity index (χ0n) is 13.8. The van der Waals surface area contributed by atoms with Gasteiger partial charge in [-0.2, -0.15) is 9.40 Å². The van der Waals surface area contributed by atoms with E-state index >= 15 is 0 Å². The molecule has 1 aromatic heterocycles. The van der Waals surface area contributed by atoms with Gasteiger partial charge in [0.05, 0.1) is 29.8 Å². The molecule has 0 saturated carbocycles. The molecule has 24 heavy (non-hydrogen) atoms. The molecule has 0 bridgehead atoms. The van der Waals surface area contributed by atoms with Gasteiger partial charge >= 0.3 is 0 Å². The van der Waals surface area contributed by atoms with Crippen LogP contribution in [0.5, 0.6) is 0 Å². The van der Waals surface area contributed by atoms with E-state index in [1.807, 2.05) is 13.8 Å². The highest BCUT2D eigenvalue weighted by Gasteiger charge is 2.38. The molecule has 2 aromatic rings. The first-order valence-electron chi connectivity index (χ1n) is 7.70. The minimum absolute atomic E-state index is 0.00630. The molecule has 1 atom stereocenters. The number of hydrogen-bond donors (Lipinski definition) is 1. The third kappa shape index (κ3) is 2.74. The molecule has 0 amide bonds. The third-order valence-electron chi connectivity index (χ3n) is 4.40. The quantitative estimate of drug-likeness (QED) is 0.918. The molecular weight excluding hydrogens is 333 g/mol. The molecule has 0 radical (unpaired) electrons. The summed E-state index contributed by atoms with van der Waals surface area (Å²) in [5, 5.41) is 7.03. The van der Waals surface area contributed by atoms with Gasteiger partial charge in [0, 0.05) is 23.4 Å². The second kappa shape index (κ2) is 6.27. The number of benzene rings is 1. The standard InChI is InChI=1S/C16H20FN3O3S/c1-10-13(17)5-4-6-15(10)24(21,22)20-7-8-23-9-14(20)16-11(2)18-19-12(16)3/h4-6,14H,7-9H2,1-3H3,(H,18,19). The lowest BCUT2D eigenvalue weighted by molar-refractivity contribution is 0.0316. The van der Waals surface area contributed by atoms with Crippen molar-refractivity contribution in [3.63, 3.8) is 0 Å². The van der Waals surface area contributed by atoms with E-state index in [2.05, 4.69) is 10.2 Å². The van der Waals surface area contributed by atoms with Gasteiger partial charge in [0.15, 0.2) is 0 Å². The first kappa shape index (κ1) is 17.1. The maximum Gasteiger partial charge on any atom is 0.244 e. The van der Waals surface area contributed by atoms with E-state index in [1.54, 1.807) is 0 Å². The second-order valence-corrected chi connectivity index (χ2v) is 7.78. The number of halogens is 1. The van der Waals surface area contributed by atoms with Gasteiger partial charge in [-0.1, -0.05) is 6.07 Å². The molecule has 3 rings (SSSR count). The highest BCUT2D eigenvalue weighted by Crippen LogP contribution is 2.34. The van der Waals surface area contributed by atoms with Gasteiger partial charge in [0.2, 0.25) is 10.0 Å². The Bertz CT molecular complexity index is 844. The van der Waals surface area contributed by atoms with Crippen LogP contribution in [0.25, 0.3) is 0 Å². The average Bonchev–Trinajstić information content (AvgIpc) is 2.88. The van der Waals surface area contributed by atoms with Gasteiger partial charge < -0.3 is 4.74 Å². The monoisotopic (exact) mass is 353 g/mol. The maximum absolute atomic E-state index is 13.9. The number of aryl methyl sites for hydroxylation is 2. The number of sulfonamides is 1.